The van der Waals surface area contributed by atoms with Crippen LogP contribution in [-0.4, -0.2) is 16.4 Å². The van der Waals surface area contributed by atoms with Crippen molar-refractivity contribution in [2.24, 2.45) is 0 Å². The normalized spacial score (nSPS) is 15.6. The molecule has 0 unspecified atom stereocenters. The van der Waals surface area contributed by atoms with Crippen LogP contribution in [0.2, 0.25) is 0 Å². The van der Waals surface area contributed by atoms with E-state index < -0.39 is 6.10 Å². The van der Waals surface area contributed by atoms with Crippen molar-refractivity contribution in [1.29, 1.82) is 0 Å². The second kappa shape index (κ2) is 4.21. The standard InChI is InChI=1S/C9H13NO2/c1-7(10-12)9(11)8-5-3-2-4-6-8/h2-7,9-12H,1H3/t7-,9-/m0/s1. The maximum Gasteiger partial charge on any atom is 0.0963 e. The molecule has 1 aromatic rings. The first-order chi connectivity index (χ1) is 5.75. The van der Waals surface area contributed by atoms with Gasteiger partial charge in [0.1, 0.15) is 0 Å². The number of rotatable bonds is 3. The molecule has 0 aliphatic rings. The minimum atomic E-state index is -0.670. The van der Waals surface area contributed by atoms with Crippen molar-refractivity contribution in [3.05, 3.63) is 35.9 Å². The van der Waals surface area contributed by atoms with Crippen molar-refractivity contribution in [3.63, 3.8) is 0 Å². The quantitative estimate of drug-likeness (QED) is 0.590. The minimum absolute atomic E-state index is 0.354. The van der Waals surface area contributed by atoms with Crippen molar-refractivity contribution < 1.29 is 10.3 Å². The first-order valence-corrected chi connectivity index (χ1v) is 3.88. The molecule has 3 N–H and O–H groups in total. The van der Waals surface area contributed by atoms with Crippen LogP contribution in [0.4, 0.5) is 0 Å². The molecule has 0 aliphatic carbocycles. The third-order valence-corrected chi connectivity index (χ3v) is 1.82. The monoisotopic (exact) mass is 167 g/mol. The lowest BCUT2D eigenvalue weighted by Crippen LogP contribution is -2.29. The fraction of sp³-hybridized carbons (Fsp3) is 0.333. The third-order valence-electron chi connectivity index (χ3n) is 1.82. The Kier molecular flexibility index (Phi) is 3.22. The summed E-state index contributed by atoms with van der Waals surface area (Å²) in [4.78, 5) is 0. The molecule has 12 heavy (non-hydrogen) atoms. The number of hydrogen-bond acceptors (Lipinski definition) is 3. The number of hydrogen-bond donors (Lipinski definition) is 3. The summed E-state index contributed by atoms with van der Waals surface area (Å²) in [5.41, 5.74) is 2.81. The van der Waals surface area contributed by atoms with Crippen LogP contribution in [0.5, 0.6) is 0 Å². The summed E-state index contributed by atoms with van der Waals surface area (Å²) in [7, 11) is 0. The van der Waals surface area contributed by atoms with Crippen LogP contribution < -0.4 is 5.48 Å². The van der Waals surface area contributed by atoms with Crippen molar-refractivity contribution in [2.45, 2.75) is 19.1 Å². The van der Waals surface area contributed by atoms with E-state index in [1.807, 2.05) is 35.8 Å². The maximum atomic E-state index is 9.57. The van der Waals surface area contributed by atoms with Gasteiger partial charge in [0.25, 0.3) is 0 Å². The molecule has 2 atom stereocenters. The van der Waals surface area contributed by atoms with Gasteiger partial charge in [0.05, 0.1) is 12.1 Å². The van der Waals surface area contributed by atoms with E-state index in [0.717, 1.165) is 5.56 Å². The number of nitrogens with one attached hydrogen (secondary N) is 1. The molecule has 0 radical (unpaired) electrons. The van der Waals surface area contributed by atoms with Crippen molar-refractivity contribution in [3.8, 4) is 0 Å². The molecule has 0 fully saturated rings. The molecular formula is C9H13NO2. The zero-order valence-electron chi connectivity index (χ0n) is 6.94. The lowest BCUT2D eigenvalue weighted by molar-refractivity contribution is 0.0472. The Morgan fingerprint density at radius 2 is 1.83 bits per heavy atom. The van der Waals surface area contributed by atoms with E-state index in [4.69, 9.17) is 5.21 Å². The van der Waals surface area contributed by atoms with Gasteiger partial charge in [0.2, 0.25) is 0 Å². The van der Waals surface area contributed by atoms with E-state index >= 15 is 0 Å². The Balaban J connectivity index is 2.71. The highest BCUT2D eigenvalue weighted by molar-refractivity contribution is 5.18. The molecule has 0 saturated heterocycles. The highest BCUT2D eigenvalue weighted by Gasteiger charge is 2.13. The Bertz CT molecular complexity index is 225. The van der Waals surface area contributed by atoms with Crippen LogP contribution >= 0.6 is 0 Å². The summed E-state index contributed by atoms with van der Waals surface area (Å²) in [5.74, 6) is 0. The van der Waals surface area contributed by atoms with E-state index in [2.05, 4.69) is 0 Å². The molecule has 1 rings (SSSR count). The van der Waals surface area contributed by atoms with Gasteiger partial charge in [-0.25, -0.2) is 0 Å². The largest absolute Gasteiger partial charge is 0.387 e. The first kappa shape index (κ1) is 9.19. The molecule has 66 valence electrons. The summed E-state index contributed by atoms with van der Waals surface area (Å²) in [6.45, 7) is 1.71. The average Bonchev–Trinajstić information content (AvgIpc) is 2.17. The van der Waals surface area contributed by atoms with Gasteiger partial charge < -0.3 is 10.3 Å². The van der Waals surface area contributed by atoms with E-state index in [-0.39, 0.29) is 6.04 Å². The van der Waals surface area contributed by atoms with Gasteiger partial charge in [0.15, 0.2) is 0 Å². The summed E-state index contributed by atoms with van der Waals surface area (Å²) >= 11 is 0. The lowest BCUT2D eigenvalue weighted by atomic mass is 10.0. The number of aliphatic hydroxyl groups is 1. The second-order valence-corrected chi connectivity index (χ2v) is 2.77. The molecule has 3 heteroatoms. The summed E-state index contributed by atoms with van der Waals surface area (Å²) < 4.78 is 0. The molecule has 0 aliphatic heterocycles. The zero-order chi connectivity index (χ0) is 8.97. The fourth-order valence-electron chi connectivity index (χ4n) is 1.01. The topological polar surface area (TPSA) is 52.5 Å². The van der Waals surface area contributed by atoms with Crippen LogP contribution in [0.15, 0.2) is 30.3 Å². The SMILES string of the molecule is C[C@H](NO)[C@H](O)c1ccccc1. The highest BCUT2D eigenvalue weighted by atomic mass is 16.5. The van der Waals surface area contributed by atoms with E-state index in [0.29, 0.717) is 0 Å². The summed E-state index contributed by atoms with van der Waals surface area (Å²) in [5, 5.41) is 18.1. The lowest BCUT2D eigenvalue weighted by Gasteiger charge is -2.16. The maximum absolute atomic E-state index is 9.57. The fourth-order valence-corrected chi connectivity index (χ4v) is 1.01. The van der Waals surface area contributed by atoms with E-state index in [9.17, 15) is 5.11 Å². The Hall–Kier alpha value is -0.900. The third kappa shape index (κ3) is 2.04. The van der Waals surface area contributed by atoms with Crippen LogP contribution in [0, 0.1) is 0 Å². The Labute approximate surface area is 71.6 Å². The number of aliphatic hydroxyl groups excluding tert-OH is 1. The Morgan fingerprint density at radius 3 is 2.33 bits per heavy atom. The molecule has 0 heterocycles. The molecular weight excluding hydrogens is 154 g/mol. The van der Waals surface area contributed by atoms with Gasteiger partial charge in [-0.05, 0) is 12.5 Å². The van der Waals surface area contributed by atoms with Gasteiger partial charge in [-0.2, -0.15) is 5.48 Å². The summed E-state index contributed by atoms with van der Waals surface area (Å²) in [6.07, 6.45) is -0.670. The highest BCUT2D eigenvalue weighted by Crippen LogP contribution is 2.15. The van der Waals surface area contributed by atoms with Crippen LogP contribution in [0.1, 0.15) is 18.6 Å². The molecule has 0 aromatic heterocycles. The molecule has 0 amide bonds. The first-order valence-electron chi connectivity index (χ1n) is 3.88. The predicted octanol–water partition coefficient (Wildman–Crippen LogP) is 1.09. The summed E-state index contributed by atoms with van der Waals surface area (Å²) in [6, 6.07) is 8.86. The van der Waals surface area contributed by atoms with Gasteiger partial charge in [0, 0.05) is 0 Å². The second-order valence-electron chi connectivity index (χ2n) is 2.77. The zero-order valence-corrected chi connectivity index (χ0v) is 6.94. The predicted molar refractivity (Wildman–Crippen MR) is 45.8 cm³/mol. The average molecular weight is 167 g/mol. The van der Waals surface area contributed by atoms with Gasteiger partial charge >= 0.3 is 0 Å². The molecule has 0 saturated carbocycles. The molecule has 1 aromatic carbocycles. The smallest absolute Gasteiger partial charge is 0.0963 e. The van der Waals surface area contributed by atoms with Crippen LogP contribution in [0.25, 0.3) is 0 Å². The van der Waals surface area contributed by atoms with Crippen molar-refractivity contribution in [1.82, 2.24) is 5.48 Å². The minimum Gasteiger partial charge on any atom is -0.387 e. The van der Waals surface area contributed by atoms with Crippen LogP contribution in [-0.2, 0) is 0 Å². The molecule has 0 spiro atoms. The van der Waals surface area contributed by atoms with Gasteiger partial charge in [-0.15, -0.1) is 0 Å². The van der Waals surface area contributed by atoms with Gasteiger partial charge in [-0.3, -0.25) is 0 Å². The van der Waals surface area contributed by atoms with Crippen LogP contribution in [0.3, 0.4) is 0 Å². The number of benzene rings is 1. The van der Waals surface area contributed by atoms with Crippen molar-refractivity contribution >= 4 is 0 Å². The van der Waals surface area contributed by atoms with E-state index in [1.165, 1.54) is 0 Å². The molecule has 0 bridgehead atoms. The van der Waals surface area contributed by atoms with Gasteiger partial charge in [-0.1, -0.05) is 30.3 Å². The molecule has 3 nitrogen and oxygen atoms in total. The van der Waals surface area contributed by atoms with E-state index in [1.54, 1.807) is 6.92 Å². The van der Waals surface area contributed by atoms with Crippen molar-refractivity contribution in [2.75, 3.05) is 0 Å². The number of hydroxylamine groups is 1. The Morgan fingerprint density at radius 1 is 1.25 bits per heavy atom.